The van der Waals surface area contributed by atoms with Crippen molar-refractivity contribution < 1.29 is 0 Å². The van der Waals surface area contributed by atoms with E-state index in [2.05, 4.69) is 78.1 Å². The van der Waals surface area contributed by atoms with E-state index in [1.165, 1.54) is 27.3 Å². The van der Waals surface area contributed by atoms with Gasteiger partial charge >= 0.3 is 0 Å². The Hall–Kier alpha value is -2.16. The van der Waals surface area contributed by atoms with Gasteiger partial charge in [0.15, 0.2) is 0 Å². The van der Waals surface area contributed by atoms with Crippen molar-refractivity contribution in [3.8, 4) is 0 Å². The molecule has 0 saturated heterocycles. The number of hydrogen-bond donors (Lipinski definition) is 1. The van der Waals surface area contributed by atoms with Crippen LogP contribution in [0.1, 0.15) is 35.1 Å². The molecule has 0 aromatic heterocycles. The highest BCUT2D eigenvalue weighted by Crippen LogP contribution is 2.50. The predicted molar refractivity (Wildman–Crippen MR) is 120 cm³/mol. The number of thioether (sulfide) groups is 1. The summed E-state index contributed by atoms with van der Waals surface area (Å²) in [6.45, 7) is 0. The molecule has 140 valence electrons. The number of allylic oxidation sites excluding steroid dienone is 2. The number of rotatable bonds is 4. The first-order valence-corrected chi connectivity index (χ1v) is 11.1. The van der Waals surface area contributed by atoms with Crippen molar-refractivity contribution >= 4 is 29.1 Å². The number of anilines is 1. The first-order valence-electron chi connectivity index (χ1n) is 9.77. The Labute approximate surface area is 175 Å². The van der Waals surface area contributed by atoms with E-state index in [9.17, 15) is 0 Å². The van der Waals surface area contributed by atoms with E-state index < -0.39 is 0 Å². The fourth-order valence-electron chi connectivity index (χ4n) is 4.42. The molecule has 2 aliphatic rings. The highest BCUT2D eigenvalue weighted by Gasteiger charge is 2.37. The summed E-state index contributed by atoms with van der Waals surface area (Å²) >= 11 is 8.00. The van der Waals surface area contributed by atoms with Crippen LogP contribution in [-0.2, 0) is 5.75 Å². The molecule has 1 nitrogen and oxygen atoms in total. The molecule has 1 aliphatic carbocycles. The Morgan fingerprint density at radius 3 is 2.61 bits per heavy atom. The lowest BCUT2D eigenvalue weighted by atomic mass is 9.77. The third kappa shape index (κ3) is 3.47. The maximum atomic E-state index is 6.10. The maximum absolute atomic E-state index is 6.10. The van der Waals surface area contributed by atoms with Gasteiger partial charge in [0.25, 0.3) is 0 Å². The van der Waals surface area contributed by atoms with Crippen LogP contribution in [-0.4, -0.2) is 0 Å². The van der Waals surface area contributed by atoms with Crippen LogP contribution in [0.25, 0.3) is 0 Å². The van der Waals surface area contributed by atoms with Crippen LogP contribution in [0.4, 0.5) is 5.69 Å². The summed E-state index contributed by atoms with van der Waals surface area (Å²) in [5, 5.41) is 4.61. The van der Waals surface area contributed by atoms with E-state index in [4.69, 9.17) is 11.6 Å². The Morgan fingerprint density at radius 2 is 1.79 bits per heavy atom. The Bertz CT molecular complexity index is 997. The summed E-state index contributed by atoms with van der Waals surface area (Å²) in [4.78, 5) is 1.32. The Balaban J connectivity index is 1.41. The molecular weight excluding hydrogens is 382 g/mol. The zero-order valence-corrected chi connectivity index (χ0v) is 17.1. The summed E-state index contributed by atoms with van der Waals surface area (Å²) in [6.07, 6.45) is 5.87. The summed E-state index contributed by atoms with van der Waals surface area (Å²) in [6, 6.07) is 26.2. The minimum atomic E-state index is 0.328. The SMILES string of the molecule is Clc1ccc([C@@H]2Nc3ccc(CSc4ccccc4)cc3[C@H]3C=CC[C@H]32)cc1. The predicted octanol–water partition coefficient (Wildman–Crippen LogP) is 7.46. The maximum Gasteiger partial charge on any atom is 0.0553 e. The molecule has 0 fully saturated rings. The molecule has 1 aliphatic heterocycles. The molecule has 3 aromatic carbocycles. The van der Waals surface area contributed by atoms with Crippen LogP contribution in [0.3, 0.4) is 0 Å². The third-order valence-corrected chi connectivity index (χ3v) is 7.14. The standard InChI is InChI=1S/C25H22ClNS/c26-19-12-10-18(11-13-19)25-22-8-4-7-21(22)23-15-17(9-14-24(23)27-25)16-28-20-5-2-1-3-6-20/h1-7,9-15,21-22,25,27H,8,16H2/t21-,22+,25-/m0/s1. The third-order valence-electron chi connectivity index (χ3n) is 5.81. The van der Waals surface area contributed by atoms with E-state index in [0.717, 1.165) is 17.2 Å². The molecule has 5 rings (SSSR count). The van der Waals surface area contributed by atoms with Gasteiger partial charge in [-0.15, -0.1) is 11.8 Å². The van der Waals surface area contributed by atoms with Crippen molar-refractivity contribution in [3.05, 3.63) is 107 Å². The Kier molecular flexibility index (Phi) is 4.92. The molecule has 1 N–H and O–H groups in total. The molecule has 0 spiro atoms. The van der Waals surface area contributed by atoms with Gasteiger partial charge in [-0.25, -0.2) is 0 Å². The molecule has 3 atom stereocenters. The summed E-state index contributed by atoms with van der Waals surface area (Å²) in [5.74, 6) is 2.04. The topological polar surface area (TPSA) is 12.0 Å². The van der Waals surface area contributed by atoms with Gasteiger partial charge in [-0.2, -0.15) is 0 Å². The van der Waals surface area contributed by atoms with Crippen molar-refractivity contribution in [3.63, 3.8) is 0 Å². The first-order chi connectivity index (χ1) is 13.8. The zero-order chi connectivity index (χ0) is 18.9. The van der Waals surface area contributed by atoms with Gasteiger partial charge in [-0.05, 0) is 59.4 Å². The van der Waals surface area contributed by atoms with Crippen LogP contribution in [0, 0.1) is 5.92 Å². The van der Waals surface area contributed by atoms with E-state index >= 15 is 0 Å². The van der Waals surface area contributed by atoms with Crippen molar-refractivity contribution in [2.75, 3.05) is 5.32 Å². The largest absolute Gasteiger partial charge is 0.378 e. The lowest BCUT2D eigenvalue weighted by Crippen LogP contribution is -2.29. The van der Waals surface area contributed by atoms with E-state index in [1.807, 2.05) is 23.9 Å². The van der Waals surface area contributed by atoms with Crippen LogP contribution in [0.5, 0.6) is 0 Å². The normalized spacial score (nSPS) is 22.4. The van der Waals surface area contributed by atoms with Gasteiger partial charge in [-0.1, -0.05) is 66.2 Å². The quantitative estimate of drug-likeness (QED) is 0.358. The van der Waals surface area contributed by atoms with Crippen LogP contribution in [0.2, 0.25) is 5.02 Å². The number of hydrogen-bond acceptors (Lipinski definition) is 2. The first kappa shape index (κ1) is 17.9. The molecule has 0 radical (unpaired) electrons. The van der Waals surface area contributed by atoms with Gasteiger partial charge < -0.3 is 5.32 Å². The molecule has 0 saturated carbocycles. The number of fused-ring (bicyclic) bond motifs is 3. The number of halogens is 1. The average molecular weight is 404 g/mol. The van der Waals surface area contributed by atoms with Gasteiger partial charge in [0.2, 0.25) is 0 Å². The van der Waals surface area contributed by atoms with Crippen LogP contribution in [0.15, 0.2) is 89.8 Å². The van der Waals surface area contributed by atoms with E-state index in [0.29, 0.717) is 17.9 Å². The van der Waals surface area contributed by atoms with Crippen LogP contribution >= 0.6 is 23.4 Å². The Morgan fingerprint density at radius 1 is 0.964 bits per heavy atom. The molecule has 1 heterocycles. The van der Waals surface area contributed by atoms with Gasteiger partial charge in [-0.3, -0.25) is 0 Å². The second-order valence-corrected chi connectivity index (χ2v) is 9.04. The lowest BCUT2D eigenvalue weighted by Gasteiger charge is -2.37. The minimum Gasteiger partial charge on any atom is -0.378 e. The van der Waals surface area contributed by atoms with Gasteiger partial charge in [0, 0.05) is 27.3 Å². The summed E-state index contributed by atoms with van der Waals surface area (Å²) < 4.78 is 0. The molecular formula is C25H22ClNS. The number of nitrogens with one attached hydrogen (secondary N) is 1. The van der Waals surface area contributed by atoms with E-state index in [-0.39, 0.29) is 0 Å². The molecule has 0 amide bonds. The van der Waals surface area contributed by atoms with Gasteiger partial charge in [0.1, 0.15) is 0 Å². The van der Waals surface area contributed by atoms with Crippen LogP contribution < -0.4 is 5.32 Å². The fourth-order valence-corrected chi connectivity index (χ4v) is 5.41. The molecule has 3 aromatic rings. The monoisotopic (exact) mass is 403 g/mol. The lowest BCUT2D eigenvalue weighted by molar-refractivity contribution is 0.425. The smallest absolute Gasteiger partial charge is 0.0553 e. The van der Waals surface area contributed by atoms with Crippen molar-refractivity contribution in [2.24, 2.45) is 5.92 Å². The second kappa shape index (κ2) is 7.69. The van der Waals surface area contributed by atoms with Crippen molar-refractivity contribution in [1.82, 2.24) is 0 Å². The van der Waals surface area contributed by atoms with Crippen molar-refractivity contribution in [2.45, 2.75) is 29.0 Å². The second-order valence-electron chi connectivity index (χ2n) is 7.55. The fraction of sp³-hybridized carbons (Fsp3) is 0.200. The highest BCUT2D eigenvalue weighted by molar-refractivity contribution is 7.98. The molecule has 0 unspecified atom stereocenters. The van der Waals surface area contributed by atoms with E-state index in [1.54, 1.807) is 0 Å². The average Bonchev–Trinajstić information content (AvgIpc) is 3.23. The molecule has 3 heteroatoms. The highest BCUT2D eigenvalue weighted by atomic mass is 35.5. The molecule has 0 bridgehead atoms. The zero-order valence-electron chi connectivity index (χ0n) is 15.5. The van der Waals surface area contributed by atoms with Crippen molar-refractivity contribution in [1.29, 1.82) is 0 Å². The summed E-state index contributed by atoms with van der Waals surface area (Å²) in [5.41, 5.74) is 5.41. The minimum absolute atomic E-state index is 0.328. The van der Waals surface area contributed by atoms with Gasteiger partial charge in [0.05, 0.1) is 6.04 Å². The molecule has 28 heavy (non-hydrogen) atoms. The number of benzene rings is 3. The summed E-state index contributed by atoms with van der Waals surface area (Å²) in [7, 11) is 0.